The van der Waals surface area contributed by atoms with Crippen LogP contribution in [0.1, 0.15) is 36.5 Å². The monoisotopic (exact) mass is 330 g/mol. The van der Waals surface area contributed by atoms with Crippen molar-refractivity contribution in [1.29, 1.82) is 0 Å². The Morgan fingerprint density at radius 3 is 3.04 bits per heavy atom. The maximum atomic E-state index is 12.2. The summed E-state index contributed by atoms with van der Waals surface area (Å²) >= 11 is 0. The Morgan fingerprint density at radius 1 is 1.42 bits per heavy atom. The second kappa shape index (κ2) is 7.92. The number of amides is 1. The van der Waals surface area contributed by atoms with Gasteiger partial charge in [-0.15, -0.1) is 0 Å². The molecule has 24 heavy (non-hydrogen) atoms. The largest absolute Gasteiger partial charge is 0.478 e. The number of hydrogen-bond acceptors (Lipinski definition) is 5. The van der Waals surface area contributed by atoms with Crippen LogP contribution in [-0.4, -0.2) is 40.0 Å². The molecule has 7 nitrogen and oxygen atoms in total. The van der Waals surface area contributed by atoms with Crippen LogP contribution < -0.4 is 10.1 Å². The third-order valence-electron chi connectivity index (χ3n) is 3.85. The summed E-state index contributed by atoms with van der Waals surface area (Å²) in [6.45, 7) is 3.96. The highest BCUT2D eigenvalue weighted by atomic mass is 16.5. The summed E-state index contributed by atoms with van der Waals surface area (Å²) in [6, 6.07) is 3.37. The van der Waals surface area contributed by atoms with Crippen molar-refractivity contribution in [1.82, 2.24) is 14.8 Å². The molecular weight excluding hydrogens is 308 g/mol. The van der Waals surface area contributed by atoms with E-state index in [4.69, 9.17) is 9.47 Å². The Labute approximate surface area is 141 Å². The second-order valence-corrected chi connectivity index (χ2v) is 5.71. The fraction of sp³-hybridized carbons (Fsp3) is 0.471. The molecule has 0 aliphatic carbocycles. The van der Waals surface area contributed by atoms with E-state index in [-0.39, 0.29) is 12.0 Å². The maximum absolute atomic E-state index is 12.2. The van der Waals surface area contributed by atoms with Crippen LogP contribution in [0.5, 0.6) is 5.88 Å². The van der Waals surface area contributed by atoms with Crippen molar-refractivity contribution in [3.8, 4) is 5.88 Å². The van der Waals surface area contributed by atoms with E-state index in [1.807, 2.05) is 17.8 Å². The van der Waals surface area contributed by atoms with Crippen LogP contribution in [0.15, 0.2) is 30.7 Å². The predicted molar refractivity (Wildman–Crippen MR) is 89.2 cm³/mol. The molecule has 7 heteroatoms. The van der Waals surface area contributed by atoms with E-state index in [9.17, 15) is 4.79 Å². The summed E-state index contributed by atoms with van der Waals surface area (Å²) in [5.41, 5.74) is 1.13. The topological polar surface area (TPSA) is 78.3 Å². The molecular formula is C17H22N4O3. The Hall–Kier alpha value is -2.41. The minimum Gasteiger partial charge on any atom is -0.478 e. The number of anilines is 1. The Kier molecular flexibility index (Phi) is 5.43. The minimum absolute atomic E-state index is 0.206. The molecule has 3 heterocycles. The van der Waals surface area contributed by atoms with Gasteiger partial charge in [0.2, 0.25) is 5.88 Å². The first-order valence-corrected chi connectivity index (χ1v) is 8.29. The van der Waals surface area contributed by atoms with Gasteiger partial charge >= 0.3 is 0 Å². The molecule has 128 valence electrons. The molecule has 0 aromatic carbocycles. The van der Waals surface area contributed by atoms with Gasteiger partial charge in [0.25, 0.3) is 5.91 Å². The van der Waals surface area contributed by atoms with Crippen molar-refractivity contribution >= 4 is 11.6 Å². The molecule has 0 unspecified atom stereocenters. The highest BCUT2D eigenvalue weighted by Gasteiger charge is 2.15. The third-order valence-corrected chi connectivity index (χ3v) is 3.85. The maximum Gasteiger partial charge on any atom is 0.257 e. The van der Waals surface area contributed by atoms with Crippen molar-refractivity contribution in [2.75, 3.05) is 18.5 Å². The molecule has 0 bridgehead atoms. The van der Waals surface area contributed by atoms with Crippen LogP contribution in [0.2, 0.25) is 0 Å². The molecule has 1 aliphatic heterocycles. The lowest BCUT2D eigenvalue weighted by Gasteiger charge is -2.22. The zero-order valence-corrected chi connectivity index (χ0v) is 13.8. The highest BCUT2D eigenvalue weighted by molar-refractivity contribution is 6.03. The molecule has 1 fully saturated rings. The standard InChI is InChI=1S/C17H22N4O3/c1-2-23-16-7-6-13(9-18-16)17(22)20-14-10-19-21(11-14)12-15-5-3-4-8-24-15/h6-7,9-11,15H,2-5,8,12H2,1H3,(H,20,22)/t15-/m1/s1. The molecule has 2 aromatic heterocycles. The van der Waals surface area contributed by atoms with Gasteiger partial charge in [-0.1, -0.05) is 0 Å². The van der Waals surface area contributed by atoms with E-state index in [2.05, 4.69) is 15.4 Å². The van der Waals surface area contributed by atoms with Gasteiger partial charge in [-0.2, -0.15) is 5.10 Å². The third kappa shape index (κ3) is 4.32. The number of hydrogen-bond donors (Lipinski definition) is 1. The zero-order chi connectivity index (χ0) is 16.8. The lowest BCUT2D eigenvalue weighted by atomic mass is 10.1. The number of pyridine rings is 1. The summed E-state index contributed by atoms with van der Waals surface area (Å²) in [5.74, 6) is 0.286. The quantitative estimate of drug-likeness (QED) is 0.880. The molecule has 1 saturated heterocycles. The fourth-order valence-corrected chi connectivity index (χ4v) is 2.64. The number of carbonyl (C=O) groups is 1. The van der Waals surface area contributed by atoms with Crippen molar-refractivity contribution in [2.24, 2.45) is 0 Å². The molecule has 3 rings (SSSR count). The van der Waals surface area contributed by atoms with Crippen LogP contribution in [0, 0.1) is 0 Å². The lowest BCUT2D eigenvalue weighted by molar-refractivity contribution is 0.00401. The van der Waals surface area contributed by atoms with E-state index in [1.165, 1.54) is 12.6 Å². The first-order chi connectivity index (χ1) is 11.7. The highest BCUT2D eigenvalue weighted by Crippen LogP contribution is 2.16. The van der Waals surface area contributed by atoms with Gasteiger partial charge in [0, 0.05) is 25.1 Å². The number of nitrogens with zero attached hydrogens (tertiary/aromatic N) is 3. The van der Waals surface area contributed by atoms with E-state index < -0.39 is 0 Å². The second-order valence-electron chi connectivity index (χ2n) is 5.71. The molecule has 1 aliphatic rings. The van der Waals surface area contributed by atoms with Gasteiger partial charge in [0.1, 0.15) is 0 Å². The summed E-state index contributed by atoms with van der Waals surface area (Å²) in [7, 11) is 0. The lowest BCUT2D eigenvalue weighted by Crippen LogP contribution is -2.24. The van der Waals surface area contributed by atoms with E-state index in [0.717, 1.165) is 19.4 Å². The molecule has 1 N–H and O–H groups in total. The Morgan fingerprint density at radius 2 is 2.33 bits per heavy atom. The van der Waals surface area contributed by atoms with Gasteiger partial charge in [-0.3, -0.25) is 9.48 Å². The van der Waals surface area contributed by atoms with Crippen LogP contribution in [0.25, 0.3) is 0 Å². The smallest absolute Gasteiger partial charge is 0.257 e. The fourth-order valence-electron chi connectivity index (χ4n) is 2.64. The average Bonchev–Trinajstić information content (AvgIpc) is 3.03. The predicted octanol–water partition coefficient (Wildman–Crippen LogP) is 2.50. The van der Waals surface area contributed by atoms with E-state index in [0.29, 0.717) is 30.3 Å². The van der Waals surface area contributed by atoms with E-state index in [1.54, 1.807) is 18.3 Å². The zero-order valence-electron chi connectivity index (χ0n) is 13.8. The van der Waals surface area contributed by atoms with Crippen LogP contribution in [0.3, 0.4) is 0 Å². The average molecular weight is 330 g/mol. The van der Waals surface area contributed by atoms with Gasteiger partial charge in [0.15, 0.2) is 0 Å². The van der Waals surface area contributed by atoms with Gasteiger partial charge in [-0.25, -0.2) is 4.98 Å². The summed E-state index contributed by atoms with van der Waals surface area (Å²) in [6.07, 6.45) is 8.55. The molecule has 0 spiro atoms. The first kappa shape index (κ1) is 16.4. The number of aromatic nitrogens is 3. The van der Waals surface area contributed by atoms with Gasteiger partial charge in [0.05, 0.1) is 36.7 Å². The number of ether oxygens (including phenoxy) is 2. The van der Waals surface area contributed by atoms with Gasteiger partial charge in [-0.05, 0) is 32.3 Å². The normalized spacial score (nSPS) is 17.5. The Bertz CT molecular complexity index is 663. The van der Waals surface area contributed by atoms with Crippen molar-refractivity contribution in [2.45, 2.75) is 38.8 Å². The molecule has 0 saturated carbocycles. The summed E-state index contributed by atoms with van der Waals surface area (Å²) in [4.78, 5) is 16.3. The number of carbonyl (C=O) groups excluding carboxylic acids is 1. The Balaban J connectivity index is 1.56. The molecule has 2 aromatic rings. The number of rotatable bonds is 6. The molecule has 1 atom stereocenters. The van der Waals surface area contributed by atoms with E-state index >= 15 is 0 Å². The SMILES string of the molecule is CCOc1ccc(C(=O)Nc2cnn(C[C@H]3CCCCO3)c2)cn1. The minimum atomic E-state index is -0.223. The van der Waals surface area contributed by atoms with Crippen LogP contribution >= 0.6 is 0 Å². The molecule has 1 amide bonds. The number of nitrogens with one attached hydrogen (secondary N) is 1. The van der Waals surface area contributed by atoms with Crippen molar-refractivity contribution in [3.05, 3.63) is 36.3 Å². The first-order valence-electron chi connectivity index (χ1n) is 8.29. The van der Waals surface area contributed by atoms with Gasteiger partial charge < -0.3 is 14.8 Å². The van der Waals surface area contributed by atoms with Crippen LogP contribution in [0.4, 0.5) is 5.69 Å². The van der Waals surface area contributed by atoms with Crippen LogP contribution in [-0.2, 0) is 11.3 Å². The van der Waals surface area contributed by atoms with Crippen molar-refractivity contribution in [3.63, 3.8) is 0 Å². The summed E-state index contributed by atoms with van der Waals surface area (Å²) < 4.78 is 12.8. The summed E-state index contributed by atoms with van der Waals surface area (Å²) in [5, 5.41) is 7.11. The van der Waals surface area contributed by atoms with Crippen molar-refractivity contribution < 1.29 is 14.3 Å². The molecule has 0 radical (unpaired) electrons.